The molecule has 0 saturated carbocycles. The van der Waals surface area contributed by atoms with Crippen LogP contribution in [0.5, 0.6) is 11.5 Å². The zero-order chi connectivity index (χ0) is 17.4. The summed E-state index contributed by atoms with van der Waals surface area (Å²) in [7, 11) is 0. The van der Waals surface area contributed by atoms with Crippen LogP contribution >= 0.6 is 27.5 Å². The van der Waals surface area contributed by atoms with E-state index in [1.54, 1.807) is 0 Å². The van der Waals surface area contributed by atoms with Crippen LogP contribution in [-0.2, 0) is 13.2 Å². The van der Waals surface area contributed by atoms with Gasteiger partial charge in [0, 0.05) is 22.6 Å². The van der Waals surface area contributed by atoms with Crippen molar-refractivity contribution in [3.05, 3.63) is 69.7 Å². The molecule has 0 bridgehead atoms. The molecule has 0 aliphatic carbocycles. The normalized spacial score (nSPS) is 10.5. The standard InChI is InChI=1S/C19H21BrClNO2/c1-3-8-22-12-15-10-18(23-4-2)19(11-17(15)20)24-13-14-6-5-7-16(21)9-14/h3,5-7,9-11,22H,1,4,8,12-13H2,2H3. The number of ether oxygens (including phenoxy) is 2. The van der Waals surface area contributed by atoms with E-state index >= 15 is 0 Å². The first-order chi connectivity index (χ1) is 11.6. The predicted molar refractivity (Wildman–Crippen MR) is 103 cm³/mol. The molecule has 0 aromatic heterocycles. The fourth-order valence-electron chi connectivity index (χ4n) is 2.19. The van der Waals surface area contributed by atoms with Crippen LogP contribution in [0.4, 0.5) is 0 Å². The second-order valence-electron chi connectivity index (χ2n) is 5.16. The third-order valence-corrected chi connectivity index (χ3v) is 4.27. The quantitative estimate of drug-likeness (QED) is 0.446. The molecule has 24 heavy (non-hydrogen) atoms. The third-order valence-electron chi connectivity index (χ3n) is 3.30. The number of benzene rings is 2. The van der Waals surface area contributed by atoms with Gasteiger partial charge in [-0.05, 0) is 42.3 Å². The monoisotopic (exact) mass is 409 g/mol. The second kappa shape index (κ2) is 9.72. The van der Waals surface area contributed by atoms with Gasteiger partial charge in [0.05, 0.1) is 6.61 Å². The van der Waals surface area contributed by atoms with Crippen molar-refractivity contribution in [2.24, 2.45) is 0 Å². The van der Waals surface area contributed by atoms with Crippen molar-refractivity contribution in [2.45, 2.75) is 20.1 Å². The lowest BCUT2D eigenvalue weighted by Gasteiger charge is -2.15. The lowest BCUT2D eigenvalue weighted by molar-refractivity contribution is 0.269. The molecule has 2 aromatic rings. The van der Waals surface area contributed by atoms with Crippen LogP contribution in [0, 0.1) is 0 Å². The Labute approximate surface area is 156 Å². The van der Waals surface area contributed by atoms with Gasteiger partial charge in [-0.1, -0.05) is 45.7 Å². The molecule has 0 atom stereocenters. The molecule has 0 spiro atoms. The molecule has 0 aliphatic rings. The minimum atomic E-state index is 0.432. The summed E-state index contributed by atoms with van der Waals surface area (Å²) in [6, 6.07) is 11.6. The Morgan fingerprint density at radius 3 is 2.71 bits per heavy atom. The lowest BCUT2D eigenvalue weighted by atomic mass is 10.2. The molecule has 0 unspecified atom stereocenters. The maximum absolute atomic E-state index is 6.01. The molecule has 1 N–H and O–H groups in total. The zero-order valence-electron chi connectivity index (χ0n) is 13.6. The molecule has 0 saturated heterocycles. The van der Waals surface area contributed by atoms with E-state index < -0.39 is 0 Å². The second-order valence-corrected chi connectivity index (χ2v) is 6.45. The Morgan fingerprint density at radius 1 is 1.21 bits per heavy atom. The summed E-state index contributed by atoms with van der Waals surface area (Å²) in [6.45, 7) is 8.15. The molecular formula is C19H21BrClNO2. The number of hydrogen-bond acceptors (Lipinski definition) is 3. The van der Waals surface area contributed by atoms with Gasteiger partial charge in [-0.2, -0.15) is 0 Å². The van der Waals surface area contributed by atoms with Crippen molar-refractivity contribution in [1.29, 1.82) is 0 Å². The van der Waals surface area contributed by atoms with E-state index in [4.69, 9.17) is 21.1 Å². The van der Waals surface area contributed by atoms with E-state index in [2.05, 4.69) is 27.8 Å². The van der Waals surface area contributed by atoms with Gasteiger partial charge < -0.3 is 14.8 Å². The Kier molecular flexibility index (Phi) is 7.63. The molecule has 0 aliphatic heterocycles. The van der Waals surface area contributed by atoms with Crippen LogP contribution in [0.1, 0.15) is 18.1 Å². The minimum absolute atomic E-state index is 0.432. The van der Waals surface area contributed by atoms with Crippen LogP contribution in [0.3, 0.4) is 0 Å². The summed E-state index contributed by atoms with van der Waals surface area (Å²) in [5, 5.41) is 3.99. The highest BCUT2D eigenvalue weighted by Gasteiger charge is 2.11. The minimum Gasteiger partial charge on any atom is -0.490 e. The third kappa shape index (κ3) is 5.55. The number of nitrogens with one attached hydrogen (secondary N) is 1. The van der Waals surface area contributed by atoms with Crippen molar-refractivity contribution in [1.82, 2.24) is 5.32 Å². The highest BCUT2D eigenvalue weighted by Crippen LogP contribution is 2.34. The van der Waals surface area contributed by atoms with Crippen molar-refractivity contribution in [3.63, 3.8) is 0 Å². The van der Waals surface area contributed by atoms with E-state index in [1.165, 1.54) is 0 Å². The Bertz CT molecular complexity index is 691. The van der Waals surface area contributed by atoms with Crippen LogP contribution in [0.2, 0.25) is 5.02 Å². The molecule has 0 amide bonds. The summed E-state index contributed by atoms with van der Waals surface area (Å²) < 4.78 is 12.6. The molecule has 0 radical (unpaired) electrons. The largest absolute Gasteiger partial charge is 0.490 e. The smallest absolute Gasteiger partial charge is 0.162 e. The van der Waals surface area contributed by atoms with Gasteiger partial charge in [0.15, 0.2) is 11.5 Å². The Hall–Kier alpha value is -1.49. The Morgan fingerprint density at radius 2 is 2.00 bits per heavy atom. The maximum Gasteiger partial charge on any atom is 0.162 e. The molecule has 128 valence electrons. The van der Waals surface area contributed by atoms with Crippen LogP contribution in [0.25, 0.3) is 0 Å². The predicted octanol–water partition coefficient (Wildman–Crippen LogP) is 5.36. The van der Waals surface area contributed by atoms with E-state index in [1.807, 2.05) is 49.4 Å². The van der Waals surface area contributed by atoms with Crippen LogP contribution in [0.15, 0.2) is 53.5 Å². The van der Waals surface area contributed by atoms with Gasteiger partial charge >= 0.3 is 0 Å². The van der Waals surface area contributed by atoms with Gasteiger partial charge in [-0.3, -0.25) is 0 Å². The fourth-order valence-corrected chi connectivity index (χ4v) is 2.87. The Balaban J connectivity index is 2.15. The summed E-state index contributed by atoms with van der Waals surface area (Å²) in [5.74, 6) is 1.44. The van der Waals surface area contributed by atoms with Crippen molar-refractivity contribution in [3.8, 4) is 11.5 Å². The molecule has 0 fully saturated rings. The first kappa shape index (κ1) is 18.8. The van der Waals surface area contributed by atoms with Crippen LogP contribution in [-0.4, -0.2) is 13.2 Å². The van der Waals surface area contributed by atoms with E-state index in [9.17, 15) is 0 Å². The van der Waals surface area contributed by atoms with E-state index in [-0.39, 0.29) is 0 Å². The van der Waals surface area contributed by atoms with E-state index in [0.29, 0.717) is 24.0 Å². The summed E-state index contributed by atoms with van der Waals surface area (Å²) in [6.07, 6.45) is 1.83. The molecule has 0 heterocycles. The first-order valence-electron chi connectivity index (χ1n) is 7.78. The molecule has 3 nitrogen and oxygen atoms in total. The molecular weight excluding hydrogens is 390 g/mol. The van der Waals surface area contributed by atoms with Gasteiger partial charge in [0.2, 0.25) is 0 Å². The van der Waals surface area contributed by atoms with Gasteiger partial charge in [-0.25, -0.2) is 0 Å². The topological polar surface area (TPSA) is 30.5 Å². The summed E-state index contributed by atoms with van der Waals surface area (Å²) in [5.41, 5.74) is 2.12. The molecule has 2 rings (SSSR count). The van der Waals surface area contributed by atoms with Crippen molar-refractivity contribution < 1.29 is 9.47 Å². The highest BCUT2D eigenvalue weighted by atomic mass is 79.9. The SMILES string of the molecule is C=CCNCc1cc(OCC)c(OCc2cccc(Cl)c2)cc1Br. The first-order valence-corrected chi connectivity index (χ1v) is 8.95. The van der Waals surface area contributed by atoms with Crippen molar-refractivity contribution in [2.75, 3.05) is 13.2 Å². The van der Waals surface area contributed by atoms with Crippen molar-refractivity contribution >= 4 is 27.5 Å². The van der Waals surface area contributed by atoms with Gasteiger partial charge in [-0.15, -0.1) is 6.58 Å². The molecule has 2 aromatic carbocycles. The summed E-state index contributed by atoms with van der Waals surface area (Å²) >= 11 is 9.61. The average molecular weight is 411 g/mol. The number of halogens is 2. The number of hydrogen-bond donors (Lipinski definition) is 1. The van der Waals surface area contributed by atoms with Gasteiger partial charge in [0.25, 0.3) is 0 Å². The average Bonchev–Trinajstić information content (AvgIpc) is 2.56. The summed E-state index contributed by atoms with van der Waals surface area (Å²) in [4.78, 5) is 0. The van der Waals surface area contributed by atoms with Gasteiger partial charge in [0.1, 0.15) is 6.61 Å². The lowest BCUT2D eigenvalue weighted by Crippen LogP contribution is -2.13. The zero-order valence-corrected chi connectivity index (χ0v) is 16.0. The fraction of sp³-hybridized carbons (Fsp3) is 0.263. The number of rotatable bonds is 9. The van der Waals surface area contributed by atoms with E-state index in [0.717, 1.165) is 34.4 Å². The maximum atomic E-state index is 6.01. The highest BCUT2D eigenvalue weighted by molar-refractivity contribution is 9.10. The van der Waals surface area contributed by atoms with Crippen LogP contribution < -0.4 is 14.8 Å². The molecule has 5 heteroatoms.